The fourth-order valence-corrected chi connectivity index (χ4v) is 1.55. The molecule has 2 aromatic heterocycles. The zero-order valence-electron chi connectivity index (χ0n) is 9.14. The van der Waals surface area contributed by atoms with Crippen LogP contribution >= 0.6 is 12.4 Å². The van der Waals surface area contributed by atoms with E-state index in [1.807, 2.05) is 6.92 Å². The number of hydrogen-bond acceptors (Lipinski definition) is 4. The van der Waals surface area contributed by atoms with Gasteiger partial charge in [0.2, 0.25) is 0 Å². The first kappa shape index (κ1) is 13.2. The number of H-pyrrole nitrogens is 1. The van der Waals surface area contributed by atoms with Gasteiger partial charge in [-0.1, -0.05) is 12.1 Å². The second kappa shape index (κ2) is 5.49. The zero-order valence-corrected chi connectivity index (χ0v) is 9.95. The molecule has 0 aromatic carbocycles. The summed E-state index contributed by atoms with van der Waals surface area (Å²) in [4.78, 5) is 10.9. The molecule has 92 valence electrons. The Labute approximate surface area is 103 Å². The number of halogens is 1. The van der Waals surface area contributed by atoms with Gasteiger partial charge in [0.25, 0.3) is 0 Å². The Morgan fingerprint density at radius 1 is 1.59 bits per heavy atom. The molecule has 17 heavy (non-hydrogen) atoms. The number of aromatic carboxylic acids is 1. The third-order valence-electron chi connectivity index (χ3n) is 2.33. The summed E-state index contributed by atoms with van der Waals surface area (Å²) in [5, 5.41) is 19.0. The number of carboxylic acids is 1. The molecule has 0 saturated heterocycles. The lowest BCUT2D eigenvalue weighted by molar-refractivity contribution is 0.0685. The average Bonchev–Trinajstić information content (AvgIpc) is 2.87. The lowest BCUT2D eigenvalue weighted by atomic mass is 10.0. The van der Waals surface area contributed by atoms with Crippen molar-refractivity contribution in [2.24, 2.45) is 0 Å². The summed E-state index contributed by atoms with van der Waals surface area (Å²) < 4.78 is 4.99. The fraction of sp³-hybridized carbons (Fsp3) is 0.300. The number of aromatic nitrogens is 3. The molecule has 0 bridgehead atoms. The van der Waals surface area contributed by atoms with Gasteiger partial charge in [0.15, 0.2) is 5.69 Å². The predicted molar refractivity (Wildman–Crippen MR) is 61.5 cm³/mol. The first-order chi connectivity index (χ1) is 7.72. The lowest BCUT2D eigenvalue weighted by Crippen LogP contribution is -2.03. The van der Waals surface area contributed by atoms with Gasteiger partial charge < -0.3 is 9.63 Å². The first-order valence-electron chi connectivity index (χ1n) is 4.90. The monoisotopic (exact) mass is 257 g/mol. The molecule has 0 fully saturated rings. The number of aromatic amines is 1. The van der Waals surface area contributed by atoms with Crippen LogP contribution in [0.25, 0.3) is 0 Å². The number of hydrogen-bond donors (Lipinski definition) is 2. The van der Waals surface area contributed by atoms with Crippen molar-refractivity contribution in [2.45, 2.75) is 19.8 Å². The van der Waals surface area contributed by atoms with Gasteiger partial charge in [-0.3, -0.25) is 5.10 Å². The molecule has 0 atom stereocenters. The highest BCUT2D eigenvalue weighted by atomic mass is 35.5. The van der Waals surface area contributed by atoms with Gasteiger partial charge in [-0.15, -0.1) is 12.4 Å². The van der Waals surface area contributed by atoms with E-state index in [2.05, 4.69) is 15.4 Å². The highest BCUT2D eigenvalue weighted by molar-refractivity contribution is 5.87. The van der Waals surface area contributed by atoms with Crippen LogP contribution in [0.15, 0.2) is 16.9 Å². The van der Waals surface area contributed by atoms with Gasteiger partial charge in [-0.2, -0.15) is 5.10 Å². The SMILES string of the molecule is CCc1onc(C(=O)O)c1Cc1cn[nH]c1.Cl. The van der Waals surface area contributed by atoms with Crippen LogP contribution in [0, 0.1) is 0 Å². The Hall–Kier alpha value is -1.82. The average molecular weight is 258 g/mol. The molecule has 7 heteroatoms. The fourth-order valence-electron chi connectivity index (χ4n) is 1.55. The van der Waals surface area contributed by atoms with Crippen molar-refractivity contribution < 1.29 is 14.4 Å². The summed E-state index contributed by atoms with van der Waals surface area (Å²) in [6.07, 6.45) is 4.45. The Balaban J connectivity index is 0.00000144. The number of nitrogens with one attached hydrogen (secondary N) is 1. The topological polar surface area (TPSA) is 92.0 Å². The molecule has 0 aliphatic carbocycles. The zero-order chi connectivity index (χ0) is 11.5. The van der Waals surface area contributed by atoms with Crippen LogP contribution in [-0.2, 0) is 12.8 Å². The van der Waals surface area contributed by atoms with Crippen LogP contribution in [0.1, 0.15) is 34.3 Å². The molecule has 0 unspecified atom stereocenters. The van der Waals surface area contributed by atoms with E-state index in [-0.39, 0.29) is 18.1 Å². The van der Waals surface area contributed by atoms with E-state index < -0.39 is 5.97 Å². The van der Waals surface area contributed by atoms with Crippen molar-refractivity contribution >= 4 is 18.4 Å². The van der Waals surface area contributed by atoms with E-state index in [4.69, 9.17) is 9.63 Å². The number of aryl methyl sites for hydroxylation is 1. The lowest BCUT2D eigenvalue weighted by Gasteiger charge is -1.97. The van der Waals surface area contributed by atoms with Crippen molar-refractivity contribution in [3.05, 3.63) is 35.0 Å². The van der Waals surface area contributed by atoms with Crippen LogP contribution in [0.3, 0.4) is 0 Å². The summed E-state index contributed by atoms with van der Waals surface area (Å²) in [6, 6.07) is 0. The molecule has 2 N–H and O–H groups in total. The standard InChI is InChI=1S/C10H11N3O3.ClH/c1-2-8-7(3-6-4-11-12-5-6)9(10(14)15)13-16-8;/h4-5H,2-3H2,1H3,(H,11,12)(H,14,15);1H. The second-order valence-electron chi connectivity index (χ2n) is 3.37. The molecule has 0 radical (unpaired) electrons. The molecule has 0 aliphatic rings. The van der Waals surface area contributed by atoms with Gasteiger partial charge in [-0.25, -0.2) is 4.79 Å². The number of rotatable bonds is 4. The molecule has 6 nitrogen and oxygen atoms in total. The minimum absolute atomic E-state index is 0. The first-order valence-corrected chi connectivity index (χ1v) is 4.90. The van der Waals surface area contributed by atoms with Crippen molar-refractivity contribution in [1.82, 2.24) is 15.4 Å². The molecule has 2 heterocycles. The Kier molecular flexibility index (Phi) is 4.28. The van der Waals surface area contributed by atoms with Crippen LogP contribution in [-0.4, -0.2) is 26.4 Å². The van der Waals surface area contributed by atoms with Gasteiger partial charge in [0.05, 0.1) is 6.20 Å². The summed E-state index contributed by atoms with van der Waals surface area (Å²) in [7, 11) is 0. The van der Waals surface area contributed by atoms with Gasteiger partial charge in [0.1, 0.15) is 5.76 Å². The van der Waals surface area contributed by atoms with E-state index >= 15 is 0 Å². The van der Waals surface area contributed by atoms with Crippen LogP contribution < -0.4 is 0 Å². The largest absolute Gasteiger partial charge is 0.476 e. The maximum atomic E-state index is 10.9. The molecule has 0 saturated carbocycles. The highest BCUT2D eigenvalue weighted by Crippen LogP contribution is 2.18. The number of carboxylic acid groups (broad SMARTS) is 1. The summed E-state index contributed by atoms with van der Waals surface area (Å²) in [5.41, 5.74) is 1.51. The van der Waals surface area contributed by atoms with E-state index in [0.717, 1.165) is 5.56 Å². The molecule has 2 rings (SSSR count). The van der Waals surface area contributed by atoms with Crippen LogP contribution in [0.4, 0.5) is 0 Å². The van der Waals surface area contributed by atoms with Crippen molar-refractivity contribution in [2.75, 3.05) is 0 Å². The van der Waals surface area contributed by atoms with E-state index in [1.54, 1.807) is 12.4 Å². The van der Waals surface area contributed by atoms with E-state index in [0.29, 0.717) is 24.2 Å². The van der Waals surface area contributed by atoms with Gasteiger partial charge in [-0.05, 0) is 5.56 Å². The van der Waals surface area contributed by atoms with Gasteiger partial charge in [0, 0.05) is 24.6 Å². The smallest absolute Gasteiger partial charge is 0.358 e. The van der Waals surface area contributed by atoms with E-state index in [9.17, 15) is 4.79 Å². The minimum Gasteiger partial charge on any atom is -0.476 e. The van der Waals surface area contributed by atoms with Crippen molar-refractivity contribution in [3.63, 3.8) is 0 Å². The van der Waals surface area contributed by atoms with Crippen LogP contribution in [0.5, 0.6) is 0 Å². The third kappa shape index (κ3) is 2.65. The highest BCUT2D eigenvalue weighted by Gasteiger charge is 2.20. The molecule has 0 amide bonds. The third-order valence-corrected chi connectivity index (χ3v) is 2.33. The molecule has 2 aromatic rings. The molecular formula is C10H12ClN3O3. The quantitative estimate of drug-likeness (QED) is 0.869. The van der Waals surface area contributed by atoms with Gasteiger partial charge >= 0.3 is 5.97 Å². The maximum absolute atomic E-state index is 10.9. The minimum atomic E-state index is -1.07. The second-order valence-corrected chi connectivity index (χ2v) is 3.37. The Morgan fingerprint density at radius 2 is 2.35 bits per heavy atom. The normalized spacial score (nSPS) is 9.94. The Morgan fingerprint density at radius 3 is 2.88 bits per heavy atom. The van der Waals surface area contributed by atoms with Crippen LogP contribution in [0.2, 0.25) is 0 Å². The van der Waals surface area contributed by atoms with Crippen molar-refractivity contribution in [3.8, 4) is 0 Å². The molecule has 0 spiro atoms. The number of carbonyl (C=O) groups is 1. The maximum Gasteiger partial charge on any atom is 0.358 e. The molecular weight excluding hydrogens is 246 g/mol. The molecule has 0 aliphatic heterocycles. The Bertz CT molecular complexity index is 493. The summed E-state index contributed by atoms with van der Waals surface area (Å²) in [6.45, 7) is 1.89. The number of nitrogens with zero attached hydrogens (tertiary/aromatic N) is 2. The predicted octanol–water partition coefficient (Wildman–Crippen LogP) is 1.67. The van der Waals surface area contributed by atoms with E-state index in [1.165, 1.54) is 0 Å². The summed E-state index contributed by atoms with van der Waals surface area (Å²) >= 11 is 0. The summed E-state index contributed by atoms with van der Waals surface area (Å²) in [5.74, 6) is -0.458. The van der Waals surface area contributed by atoms with Crippen molar-refractivity contribution in [1.29, 1.82) is 0 Å².